The molecule has 0 aromatic rings. The third kappa shape index (κ3) is 3.02. The standard InChI is InChI=1S/C17H28N2O/c18-11-12-19(15-6-2-3-7-15)16-8-13-20-17(14-16)9-4-1-5-10-17/h15-16H,1-10,12-14H2. The van der Waals surface area contributed by atoms with Crippen molar-refractivity contribution in [3.05, 3.63) is 0 Å². The molecule has 112 valence electrons. The Morgan fingerprint density at radius 3 is 2.45 bits per heavy atom. The number of ether oxygens (including phenoxy) is 1. The predicted octanol–water partition coefficient (Wildman–Crippen LogP) is 3.64. The highest BCUT2D eigenvalue weighted by atomic mass is 16.5. The van der Waals surface area contributed by atoms with Crippen LogP contribution in [0, 0.1) is 11.3 Å². The fourth-order valence-corrected chi connectivity index (χ4v) is 4.70. The molecule has 2 aliphatic carbocycles. The normalized spacial score (nSPS) is 30.7. The Morgan fingerprint density at radius 1 is 1.00 bits per heavy atom. The van der Waals surface area contributed by atoms with Crippen molar-refractivity contribution in [2.24, 2.45) is 0 Å². The summed E-state index contributed by atoms with van der Waals surface area (Å²) in [6, 6.07) is 3.67. The van der Waals surface area contributed by atoms with Crippen molar-refractivity contribution in [3.63, 3.8) is 0 Å². The third-order valence-corrected chi connectivity index (χ3v) is 5.75. The minimum absolute atomic E-state index is 0.160. The maximum absolute atomic E-state index is 9.21. The predicted molar refractivity (Wildman–Crippen MR) is 79.4 cm³/mol. The van der Waals surface area contributed by atoms with Crippen LogP contribution in [0.5, 0.6) is 0 Å². The lowest BCUT2D eigenvalue weighted by Gasteiger charge is -2.47. The zero-order valence-electron chi connectivity index (χ0n) is 12.6. The summed E-state index contributed by atoms with van der Waals surface area (Å²) in [5, 5.41) is 9.21. The van der Waals surface area contributed by atoms with Crippen molar-refractivity contribution in [1.82, 2.24) is 4.90 Å². The molecule has 1 spiro atoms. The molecule has 0 aromatic carbocycles. The first-order chi connectivity index (χ1) is 9.83. The van der Waals surface area contributed by atoms with E-state index >= 15 is 0 Å². The van der Waals surface area contributed by atoms with Crippen LogP contribution < -0.4 is 0 Å². The summed E-state index contributed by atoms with van der Waals surface area (Å²) < 4.78 is 6.22. The largest absolute Gasteiger partial charge is 0.375 e. The molecule has 3 heteroatoms. The molecule has 3 nitrogen and oxygen atoms in total. The van der Waals surface area contributed by atoms with Gasteiger partial charge in [-0.3, -0.25) is 4.90 Å². The molecule has 3 aliphatic rings. The topological polar surface area (TPSA) is 36.3 Å². The van der Waals surface area contributed by atoms with E-state index in [-0.39, 0.29) is 5.60 Å². The lowest BCUT2D eigenvalue weighted by Crippen LogP contribution is -2.52. The molecule has 0 radical (unpaired) electrons. The van der Waals surface area contributed by atoms with Gasteiger partial charge in [-0.2, -0.15) is 5.26 Å². The molecule has 0 N–H and O–H groups in total. The molecule has 0 bridgehead atoms. The molecule has 1 aliphatic heterocycles. The Kier molecular flexibility index (Phi) is 4.63. The van der Waals surface area contributed by atoms with Gasteiger partial charge in [0.05, 0.1) is 18.2 Å². The number of hydrogen-bond donors (Lipinski definition) is 0. The van der Waals surface area contributed by atoms with Crippen LogP contribution in [0.3, 0.4) is 0 Å². The second kappa shape index (κ2) is 6.45. The molecule has 1 unspecified atom stereocenters. The summed E-state index contributed by atoms with van der Waals surface area (Å²) in [4.78, 5) is 2.53. The SMILES string of the molecule is N#CCN(C1CCCC1)C1CCOC2(CCCCC2)C1. The summed E-state index contributed by atoms with van der Waals surface area (Å²) in [7, 11) is 0. The Bertz CT molecular complexity index is 345. The lowest BCUT2D eigenvalue weighted by atomic mass is 9.77. The van der Waals surface area contributed by atoms with Gasteiger partial charge in [0, 0.05) is 18.7 Å². The van der Waals surface area contributed by atoms with E-state index in [2.05, 4.69) is 11.0 Å². The van der Waals surface area contributed by atoms with Crippen LogP contribution in [0.2, 0.25) is 0 Å². The summed E-state index contributed by atoms with van der Waals surface area (Å²) in [5.74, 6) is 0. The first-order valence-corrected chi connectivity index (χ1v) is 8.60. The molecule has 0 amide bonds. The van der Waals surface area contributed by atoms with Crippen LogP contribution in [-0.2, 0) is 4.74 Å². The van der Waals surface area contributed by atoms with Crippen LogP contribution in [0.25, 0.3) is 0 Å². The van der Waals surface area contributed by atoms with Gasteiger partial charge in [-0.25, -0.2) is 0 Å². The maximum atomic E-state index is 9.21. The molecular weight excluding hydrogens is 248 g/mol. The summed E-state index contributed by atoms with van der Waals surface area (Å²) in [6.07, 6.45) is 14.1. The zero-order valence-corrected chi connectivity index (χ0v) is 12.6. The fraction of sp³-hybridized carbons (Fsp3) is 0.941. The highest BCUT2D eigenvalue weighted by molar-refractivity contribution is 4.97. The average Bonchev–Trinajstić information content (AvgIpc) is 2.99. The van der Waals surface area contributed by atoms with E-state index in [4.69, 9.17) is 4.74 Å². The Hall–Kier alpha value is -0.590. The number of hydrogen-bond acceptors (Lipinski definition) is 3. The van der Waals surface area contributed by atoms with E-state index in [1.54, 1.807) is 0 Å². The second-order valence-electron chi connectivity index (χ2n) is 7.01. The van der Waals surface area contributed by atoms with Crippen molar-refractivity contribution < 1.29 is 4.74 Å². The van der Waals surface area contributed by atoms with Crippen LogP contribution >= 0.6 is 0 Å². The Balaban J connectivity index is 1.68. The fourth-order valence-electron chi connectivity index (χ4n) is 4.70. The van der Waals surface area contributed by atoms with Crippen molar-refractivity contribution >= 4 is 0 Å². The lowest BCUT2D eigenvalue weighted by molar-refractivity contribution is -0.126. The van der Waals surface area contributed by atoms with E-state index in [1.807, 2.05) is 0 Å². The Morgan fingerprint density at radius 2 is 1.75 bits per heavy atom. The number of nitriles is 1. The van der Waals surface area contributed by atoms with Gasteiger partial charge in [0.1, 0.15) is 0 Å². The molecule has 0 aromatic heterocycles. The molecule has 1 atom stereocenters. The molecule has 2 saturated carbocycles. The first-order valence-electron chi connectivity index (χ1n) is 8.60. The van der Waals surface area contributed by atoms with Gasteiger partial charge in [0.25, 0.3) is 0 Å². The second-order valence-corrected chi connectivity index (χ2v) is 7.01. The molecular formula is C17H28N2O. The summed E-state index contributed by atoms with van der Waals surface area (Å²) in [5.41, 5.74) is 0.160. The number of rotatable bonds is 3. The minimum atomic E-state index is 0.160. The van der Waals surface area contributed by atoms with Gasteiger partial charge in [-0.15, -0.1) is 0 Å². The van der Waals surface area contributed by atoms with Crippen molar-refractivity contribution in [1.29, 1.82) is 5.26 Å². The van der Waals surface area contributed by atoms with E-state index in [1.165, 1.54) is 64.2 Å². The van der Waals surface area contributed by atoms with Gasteiger partial charge in [-0.05, 0) is 38.5 Å². The smallest absolute Gasteiger partial charge is 0.0870 e. The zero-order chi connectivity index (χ0) is 13.8. The van der Waals surface area contributed by atoms with Gasteiger partial charge < -0.3 is 4.74 Å². The van der Waals surface area contributed by atoms with E-state index < -0.39 is 0 Å². The van der Waals surface area contributed by atoms with E-state index in [0.717, 1.165) is 13.0 Å². The van der Waals surface area contributed by atoms with Gasteiger partial charge >= 0.3 is 0 Å². The average molecular weight is 276 g/mol. The number of nitrogens with zero attached hydrogens (tertiary/aromatic N) is 2. The van der Waals surface area contributed by atoms with Crippen molar-refractivity contribution in [3.8, 4) is 6.07 Å². The van der Waals surface area contributed by atoms with Crippen molar-refractivity contribution in [2.45, 2.75) is 88.3 Å². The highest BCUT2D eigenvalue weighted by Gasteiger charge is 2.41. The van der Waals surface area contributed by atoms with Gasteiger partial charge in [0.2, 0.25) is 0 Å². The van der Waals surface area contributed by atoms with Crippen LogP contribution in [0.15, 0.2) is 0 Å². The first kappa shape index (κ1) is 14.4. The maximum Gasteiger partial charge on any atom is 0.0870 e. The van der Waals surface area contributed by atoms with Gasteiger partial charge in [0.15, 0.2) is 0 Å². The van der Waals surface area contributed by atoms with Crippen LogP contribution in [0.1, 0.15) is 70.6 Å². The molecule has 1 heterocycles. The quantitative estimate of drug-likeness (QED) is 0.738. The highest BCUT2D eigenvalue weighted by Crippen LogP contribution is 2.41. The molecule has 1 saturated heterocycles. The van der Waals surface area contributed by atoms with E-state index in [0.29, 0.717) is 18.6 Å². The minimum Gasteiger partial charge on any atom is -0.375 e. The summed E-state index contributed by atoms with van der Waals surface area (Å²) in [6.45, 7) is 1.52. The van der Waals surface area contributed by atoms with Crippen LogP contribution in [0.4, 0.5) is 0 Å². The van der Waals surface area contributed by atoms with E-state index in [9.17, 15) is 5.26 Å². The monoisotopic (exact) mass is 276 g/mol. The third-order valence-electron chi connectivity index (χ3n) is 5.75. The molecule has 3 fully saturated rings. The van der Waals surface area contributed by atoms with Gasteiger partial charge in [-0.1, -0.05) is 32.1 Å². The molecule has 20 heavy (non-hydrogen) atoms. The van der Waals surface area contributed by atoms with Crippen molar-refractivity contribution in [2.75, 3.05) is 13.2 Å². The van der Waals surface area contributed by atoms with Crippen LogP contribution in [-0.4, -0.2) is 35.7 Å². The Labute approximate surface area is 123 Å². The molecule has 3 rings (SSSR count). The summed E-state index contributed by atoms with van der Waals surface area (Å²) >= 11 is 0.